The van der Waals surface area contributed by atoms with Gasteiger partial charge in [0.2, 0.25) is 10.0 Å². The number of aryl methyl sites for hydroxylation is 1. The second-order valence-corrected chi connectivity index (χ2v) is 6.59. The Morgan fingerprint density at radius 3 is 2.78 bits per heavy atom. The van der Waals surface area contributed by atoms with Crippen molar-refractivity contribution in [2.45, 2.75) is 18.2 Å². The van der Waals surface area contributed by atoms with Crippen LogP contribution in [0, 0.1) is 18.7 Å². The highest BCUT2D eigenvalue weighted by atomic mass is 32.2. The van der Waals surface area contributed by atoms with E-state index >= 15 is 0 Å². The van der Waals surface area contributed by atoms with E-state index < -0.39 is 15.8 Å². The molecule has 0 aliphatic carbocycles. The van der Waals surface area contributed by atoms with Crippen LogP contribution in [0.25, 0.3) is 0 Å². The molecule has 1 unspecified atom stereocenters. The van der Waals surface area contributed by atoms with Crippen LogP contribution in [0.2, 0.25) is 0 Å². The van der Waals surface area contributed by atoms with E-state index in [1.54, 1.807) is 13.0 Å². The zero-order valence-corrected chi connectivity index (χ0v) is 11.1. The van der Waals surface area contributed by atoms with Crippen LogP contribution < -0.4 is 5.73 Å². The Morgan fingerprint density at radius 2 is 2.22 bits per heavy atom. The lowest BCUT2D eigenvalue weighted by Crippen LogP contribution is -2.30. The predicted octanol–water partition coefficient (Wildman–Crippen LogP) is 1.10. The van der Waals surface area contributed by atoms with Crippen molar-refractivity contribution >= 4 is 10.0 Å². The van der Waals surface area contributed by atoms with Gasteiger partial charge in [0.05, 0.1) is 0 Å². The number of hydrogen-bond donors (Lipinski definition) is 1. The second kappa shape index (κ2) is 4.95. The molecule has 0 aromatic heterocycles. The van der Waals surface area contributed by atoms with E-state index in [-0.39, 0.29) is 10.8 Å². The molecule has 100 valence electrons. The smallest absolute Gasteiger partial charge is 0.245 e. The number of sulfonamides is 1. The predicted molar refractivity (Wildman–Crippen MR) is 67.1 cm³/mol. The lowest BCUT2D eigenvalue weighted by atomic mass is 10.1. The average Bonchev–Trinajstić information content (AvgIpc) is 2.77. The van der Waals surface area contributed by atoms with Gasteiger partial charge < -0.3 is 5.73 Å². The summed E-state index contributed by atoms with van der Waals surface area (Å²) in [7, 11) is -3.73. The van der Waals surface area contributed by atoms with Crippen LogP contribution in [-0.2, 0) is 10.0 Å². The van der Waals surface area contributed by atoms with Crippen molar-refractivity contribution in [2.75, 3.05) is 19.6 Å². The van der Waals surface area contributed by atoms with E-state index in [2.05, 4.69) is 0 Å². The molecule has 1 aromatic carbocycles. The molecular formula is C12H17FN2O2S. The lowest BCUT2D eigenvalue weighted by Gasteiger charge is -2.17. The molecule has 2 N–H and O–H groups in total. The molecule has 1 heterocycles. The number of nitrogens with zero attached hydrogens (tertiary/aromatic N) is 1. The topological polar surface area (TPSA) is 63.4 Å². The average molecular weight is 272 g/mol. The Labute approximate surface area is 107 Å². The molecular weight excluding hydrogens is 255 g/mol. The Kier molecular flexibility index (Phi) is 3.70. The molecule has 0 bridgehead atoms. The van der Waals surface area contributed by atoms with Gasteiger partial charge in [-0.05, 0) is 43.5 Å². The fourth-order valence-corrected chi connectivity index (χ4v) is 3.74. The molecule has 1 fully saturated rings. The molecule has 1 atom stereocenters. The fraction of sp³-hybridized carbons (Fsp3) is 0.500. The van der Waals surface area contributed by atoms with E-state index in [0.29, 0.717) is 25.2 Å². The van der Waals surface area contributed by atoms with Gasteiger partial charge in [-0.25, -0.2) is 12.8 Å². The van der Waals surface area contributed by atoms with Crippen LogP contribution in [0.1, 0.15) is 12.0 Å². The number of hydrogen-bond acceptors (Lipinski definition) is 3. The second-order valence-electron chi connectivity index (χ2n) is 4.69. The summed E-state index contributed by atoms with van der Waals surface area (Å²) in [6.07, 6.45) is 0.739. The van der Waals surface area contributed by atoms with Gasteiger partial charge in [-0.2, -0.15) is 4.31 Å². The summed E-state index contributed by atoms with van der Waals surface area (Å²) in [5.41, 5.74) is 6.23. The lowest BCUT2D eigenvalue weighted by molar-refractivity contribution is 0.453. The third-order valence-corrected chi connectivity index (χ3v) is 5.19. The summed E-state index contributed by atoms with van der Waals surface area (Å²) in [5.74, 6) is -0.514. The normalized spacial score (nSPS) is 21.4. The van der Waals surface area contributed by atoms with E-state index in [9.17, 15) is 12.8 Å². The highest BCUT2D eigenvalue weighted by molar-refractivity contribution is 7.89. The summed E-state index contributed by atoms with van der Waals surface area (Å²) < 4.78 is 39.6. The van der Waals surface area contributed by atoms with Crippen LogP contribution >= 0.6 is 0 Å². The first kappa shape index (κ1) is 13.5. The summed E-state index contributed by atoms with van der Waals surface area (Å²) in [4.78, 5) is -0.245. The van der Waals surface area contributed by atoms with Gasteiger partial charge in [-0.3, -0.25) is 0 Å². The van der Waals surface area contributed by atoms with Crippen molar-refractivity contribution in [3.8, 4) is 0 Å². The fourth-order valence-electron chi connectivity index (χ4n) is 2.16. The van der Waals surface area contributed by atoms with Gasteiger partial charge in [-0.1, -0.05) is 6.07 Å². The van der Waals surface area contributed by atoms with Crippen LogP contribution in [0.15, 0.2) is 23.1 Å². The van der Waals surface area contributed by atoms with Crippen LogP contribution in [0.5, 0.6) is 0 Å². The Morgan fingerprint density at radius 1 is 1.50 bits per heavy atom. The van der Waals surface area contributed by atoms with E-state index in [1.165, 1.54) is 16.4 Å². The minimum Gasteiger partial charge on any atom is -0.330 e. The van der Waals surface area contributed by atoms with Crippen molar-refractivity contribution in [2.24, 2.45) is 11.7 Å². The number of benzene rings is 1. The van der Waals surface area contributed by atoms with Gasteiger partial charge in [0.25, 0.3) is 0 Å². The Hall–Kier alpha value is -0.980. The summed E-state index contributed by atoms with van der Waals surface area (Å²) in [6.45, 7) is 2.98. The highest BCUT2D eigenvalue weighted by Gasteiger charge is 2.33. The van der Waals surface area contributed by atoms with Crippen molar-refractivity contribution in [3.05, 3.63) is 29.6 Å². The quantitative estimate of drug-likeness (QED) is 0.896. The maximum Gasteiger partial charge on any atom is 0.245 e. The first-order chi connectivity index (χ1) is 8.45. The van der Waals surface area contributed by atoms with Crippen LogP contribution in [0.4, 0.5) is 4.39 Å². The van der Waals surface area contributed by atoms with E-state index in [4.69, 9.17) is 5.73 Å². The van der Waals surface area contributed by atoms with Crippen molar-refractivity contribution in [1.82, 2.24) is 4.31 Å². The van der Waals surface area contributed by atoms with Gasteiger partial charge in [0.1, 0.15) is 10.7 Å². The minimum absolute atomic E-state index is 0.174. The zero-order chi connectivity index (χ0) is 13.3. The molecule has 0 saturated carbocycles. The first-order valence-electron chi connectivity index (χ1n) is 5.91. The molecule has 0 radical (unpaired) electrons. The SMILES string of the molecule is Cc1ccc(S(=O)(=O)N2CCC(CN)C2)c(F)c1. The van der Waals surface area contributed by atoms with E-state index in [0.717, 1.165) is 6.42 Å². The first-order valence-corrected chi connectivity index (χ1v) is 7.35. The van der Waals surface area contributed by atoms with Gasteiger partial charge in [-0.15, -0.1) is 0 Å². The maximum absolute atomic E-state index is 13.7. The molecule has 0 spiro atoms. The van der Waals surface area contributed by atoms with Gasteiger partial charge in [0.15, 0.2) is 0 Å². The highest BCUT2D eigenvalue weighted by Crippen LogP contribution is 2.25. The molecule has 1 saturated heterocycles. The molecule has 2 rings (SSSR count). The van der Waals surface area contributed by atoms with Crippen molar-refractivity contribution in [1.29, 1.82) is 0 Å². The van der Waals surface area contributed by atoms with E-state index in [1.807, 2.05) is 0 Å². The molecule has 1 aromatic rings. The van der Waals surface area contributed by atoms with Crippen molar-refractivity contribution in [3.63, 3.8) is 0 Å². The Balaban J connectivity index is 2.31. The minimum atomic E-state index is -3.73. The third kappa shape index (κ3) is 2.41. The molecule has 1 aliphatic rings. The summed E-state index contributed by atoms with van der Waals surface area (Å²) in [6, 6.07) is 4.17. The summed E-state index contributed by atoms with van der Waals surface area (Å²) in [5, 5.41) is 0. The molecule has 0 amide bonds. The number of nitrogens with two attached hydrogens (primary N) is 1. The van der Waals surface area contributed by atoms with Crippen LogP contribution in [-0.4, -0.2) is 32.4 Å². The maximum atomic E-state index is 13.7. The monoisotopic (exact) mass is 272 g/mol. The zero-order valence-electron chi connectivity index (χ0n) is 10.3. The number of rotatable bonds is 3. The van der Waals surface area contributed by atoms with Crippen LogP contribution in [0.3, 0.4) is 0 Å². The third-order valence-electron chi connectivity index (χ3n) is 3.29. The molecule has 6 heteroatoms. The molecule has 1 aliphatic heterocycles. The number of halogens is 1. The van der Waals surface area contributed by atoms with Gasteiger partial charge >= 0.3 is 0 Å². The summed E-state index contributed by atoms with van der Waals surface area (Å²) >= 11 is 0. The van der Waals surface area contributed by atoms with Crippen molar-refractivity contribution < 1.29 is 12.8 Å². The standard InChI is InChI=1S/C12H17FN2O2S/c1-9-2-3-12(11(13)6-9)18(16,17)15-5-4-10(7-14)8-15/h2-3,6,10H,4-5,7-8,14H2,1H3. The Bertz CT molecular complexity index is 545. The molecule has 18 heavy (non-hydrogen) atoms. The molecule has 4 nitrogen and oxygen atoms in total. The largest absolute Gasteiger partial charge is 0.330 e. The van der Waals surface area contributed by atoms with Gasteiger partial charge in [0, 0.05) is 13.1 Å².